The van der Waals surface area contributed by atoms with E-state index in [-0.39, 0.29) is 28.9 Å². The van der Waals surface area contributed by atoms with Crippen molar-refractivity contribution in [3.63, 3.8) is 0 Å². The van der Waals surface area contributed by atoms with E-state index in [1.54, 1.807) is 18.3 Å². The van der Waals surface area contributed by atoms with E-state index in [1.165, 1.54) is 22.9 Å². The van der Waals surface area contributed by atoms with Crippen molar-refractivity contribution in [2.24, 2.45) is 0 Å². The number of non-ortho nitro benzene ring substituents is 1. The summed E-state index contributed by atoms with van der Waals surface area (Å²) in [7, 11) is -3.22. The molecule has 4 rings (SSSR count). The van der Waals surface area contributed by atoms with Crippen LogP contribution in [0.3, 0.4) is 0 Å². The Morgan fingerprint density at radius 3 is 2.67 bits per heavy atom. The van der Waals surface area contributed by atoms with Gasteiger partial charge in [0.05, 0.1) is 28.2 Å². The first-order valence-corrected chi connectivity index (χ1v) is 11.7. The Morgan fingerprint density at radius 1 is 1.17 bits per heavy atom. The molecule has 30 heavy (non-hydrogen) atoms. The third-order valence-corrected chi connectivity index (χ3v) is 7.34. The molecule has 0 spiro atoms. The third-order valence-electron chi connectivity index (χ3n) is 5.63. The highest BCUT2D eigenvalue weighted by Crippen LogP contribution is 2.23. The zero-order valence-corrected chi connectivity index (χ0v) is 17.1. The minimum Gasteiger partial charge on any atom is -0.345 e. The van der Waals surface area contributed by atoms with Crippen LogP contribution in [-0.4, -0.2) is 70.6 Å². The van der Waals surface area contributed by atoms with E-state index in [0.717, 1.165) is 32.4 Å². The van der Waals surface area contributed by atoms with Gasteiger partial charge in [-0.15, -0.1) is 0 Å². The fraction of sp³-hybridized carbons (Fsp3) is 0.474. The van der Waals surface area contributed by atoms with E-state index in [0.29, 0.717) is 5.69 Å². The molecule has 1 amide bonds. The quantitative estimate of drug-likeness (QED) is 0.554. The van der Waals surface area contributed by atoms with Crippen molar-refractivity contribution in [1.29, 1.82) is 0 Å². The molecule has 0 radical (unpaired) electrons. The highest BCUT2D eigenvalue weighted by atomic mass is 32.2. The summed E-state index contributed by atoms with van der Waals surface area (Å²) < 4.78 is 25.9. The Morgan fingerprint density at radius 2 is 1.93 bits per heavy atom. The number of aromatic nitrogens is 2. The lowest BCUT2D eigenvalue weighted by atomic mass is 10.0. The molecule has 3 heterocycles. The largest absolute Gasteiger partial charge is 0.345 e. The zero-order valence-electron chi connectivity index (χ0n) is 16.3. The topological polar surface area (TPSA) is 127 Å². The summed E-state index contributed by atoms with van der Waals surface area (Å²) in [6.07, 6.45) is 4.75. The number of amides is 1. The van der Waals surface area contributed by atoms with Crippen molar-refractivity contribution in [2.45, 2.75) is 31.3 Å². The maximum Gasteiger partial charge on any atom is 0.272 e. The van der Waals surface area contributed by atoms with Gasteiger partial charge >= 0.3 is 0 Å². The number of hydrogen-bond acceptors (Lipinski definition) is 7. The fourth-order valence-corrected chi connectivity index (χ4v) is 6.11. The highest BCUT2D eigenvalue weighted by molar-refractivity contribution is 7.91. The third kappa shape index (κ3) is 4.36. The van der Waals surface area contributed by atoms with Crippen LogP contribution in [0.15, 0.2) is 36.5 Å². The summed E-state index contributed by atoms with van der Waals surface area (Å²) in [5, 5.41) is 18.0. The van der Waals surface area contributed by atoms with Gasteiger partial charge in [0.15, 0.2) is 15.5 Å². The molecule has 2 atom stereocenters. The lowest BCUT2D eigenvalue weighted by molar-refractivity contribution is -0.384. The van der Waals surface area contributed by atoms with E-state index >= 15 is 0 Å². The van der Waals surface area contributed by atoms with Crippen molar-refractivity contribution in [1.82, 2.24) is 20.0 Å². The van der Waals surface area contributed by atoms with Gasteiger partial charge in [0, 0.05) is 24.4 Å². The maximum atomic E-state index is 12.8. The molecule has 10 nitrogen and oxygen atoms in total. The summed E-state index contributed by atoms with van der Waals surface area (Å²) in [6, 6.07) is 6.74. The van der Waals surface area contributed by atoms with Crippen molar-refractivity contribution < 1.29 is 18.1 Å². The summed E-state index contributed by atoms with van der Waals surface area (Å²) in [5.74, 6) is -0.478. The number of nitro groups is 1. The molecule has 1 aromatic heterocycles. The minimum atomic E-state index is -3.22. The van der Waals surface area contributed by atoms with E-state index in [1.807, 2.05) is 0 Å². The van der Waals surface area contributed by atoms with Gasteiger partial charge in [0.2, 0.25) is 0 Å². The Bertz CT molecular complexity index is 1060. The predicted octanol–water partition coefficient (Wildman–Crippen LogP) is 1.16. The molecule has 2 aliphatic heterocycles. The van der Waals surface area contributed by atoms with Crippen LogP contribution >= 0.6 is 0 Å². The monoisotopic (exact) mass is 433 g/mol. The van der Waals surface area contributed by atoms with Gasteiger partial charge in [-0.1, -0.05) is 12.5 Å². The summed E-state index contributed by atoms with van der Waals surface area (Å²) >= 11 is 0. The number of carbonyl (C=O) groups excluding carboxylic acids is 1. The number of benzene rings is 1. The molecule has 2 aromatic rings. The molecule has 2 aliphatic rings. The Kier molecular flexibility index (Phi) is 5.56. The van der Waals surface area contributed by atoms with Crippen LogP contribution in [0, 0.1) is 10.1 Å². The first-order valence-electron chi connectivity index (χ1n) is 9.88. The maximum absolute atomic E-state index is 12.8. The number of likely N-dealkylation sites (tertiary alicyclic amines) is 1. The number of carbonyl (C=O) groups is 1. The molecule has 2 unspecified atom stereocenters. The Hall–Kier alpha value is -2.79. The van der Waals surface area contributed by atoms with E-state index in [9.17, 15) is 23.3 Å². The lowest BCUT2D eigenvalue weighted by Crippen LogP contribution is -2.52. The van der Waals surface area contributed by atoms with E-state index < -0.39 is 26.7 Å². The van der Waals surface area contributed by atoms with Gasteiger partial charge in [0.1, 0.15) is 0 Å². The van der Waals surface area contributed by atoms with Crippen molar-refractivity contribution in [3.8, 4) is 5.69 Å². The second-order valence-corrected chi connectivity index (χ2v) is 9.90. The standard InChI is InChI=1S/C19H23N5O5S/c25-19(16-7-10-23(21-16)14-5-4-6-15(11-14)24(26)27)20-17-12-30(28,29)13-18(17)22-8-2-1-3-9-22/h4-7,10-11,17-18H,1-3,8-9,12-13H2,(H,20,25). The van der Waals surface area contributed by atoms with Crippen molar-refractivity contribution in [3.05, 3.63) is 52.3 Å². The van der Waals surface area contributed by atoms with Gasteiger partial charge < -0.3 is 5.32 Å². The highest BCUT2D eigenvalue weighted by Gasteiger charge is 2.42. The molecule has 2 fully saturated rings. The van der Waals surface area contributed by atoms with Gasteiger partial charge in [-0.2, -0.15) is 5.10 Å². The molecule has 1 aromatic carbocycles. The van der Waals surface area contributed by atoms with Crippen LogP contribution in [0.25, 0.3) is 5.69 Å². The van der Waals surface area contributed by atoms with Crippen molar-refractivity contribution >= 4 is 21.4 Å². The molecule has 1 N–H and O–H groups in total. The normalized spacial score (nSPS) is 23.9. The summed E-state index contributed by atoms with van der Waals surface area (Å²) in [5.41, 5.74) is 0.510. The van der Waals surface area contributed by atoms with Gasteiger partial charge in [-0.25, -0.2) is 13.1 Å². The fourth-order valence-electron chi connectivity index (χ4n) is 4.16. The van der Waals surface area contributed by atoms with Gasteiger partial charge in [0.25, 0.3) is 11.6 Å². The van der Waals surface area contributed by atoms with E-state index in [2.05, 4.69) is 15.3 Å². The summed E-state index contributed by atoms with van der Waals surface area (Å²) in [4.78, 5) is 25.4. The number of sulfone groups is 1. The van der Waals surface area contributed by atoms with Gasteiger partial charge in [-0.05, 0) is 38.1 Å². The average Bonchev–Trinajstić information content (AvgIpc) is 3.33. The van der Waals surface area contributed by atoms with Crippen LogP contribution in [0.4, 0.5) is 5.69 Å². The molecule has 11 heteroatoms. The lowest BCUT2D eigenvalue weighted by Gasteiger charge is -2.34. The van der Waals surface area contributed by atoms with Gasteiger partial charge in [-0.3, -0.25) is 19.8 Å². The van der Waals surface area contributed by atoms with Crippen LogP contribution in [0.1, 0.15) is 29.8 Å². The number of rotatable bonds is 5. The van der Waals surface area contributed by atoms with Crippen LogP contribution in [0.5, 0.6) is 0 Å². The number of nitrogens with one attached hydrogen (secondary N) is 1. The SMILES string of the molecule is O=C(NC1CS(=O)(=O)CC1N1CCCCC1)c1ccn(-c2cccc([N+](=O)[O-])c2)n1. The first kappa shape index (κ1) is 20.5. The van der Waals surface area contributed by atoms with Crippen LogP contribution < -0.4 is 5.32 Å². The van der Waals surface area contributed by atoms with Crippen molar-refractivity contribution in [2.75, 3.05) is 24.6 Å². The zero-order chi connectivity index (χ0) is 21.3. The molecule has 160 valence electrons. The predicted molar refractivity (Wildman–Crippen MR) is 109 cm³/mol. The molecule has 0 bridgehead atoms. The number of nitrogens with zero attached hydrogens (tertiary/aromatic N) is 4. The second-order valence-electron chi connectivity index (χ2n) is 7.74. The minimum absolute atomic E-state index is 0.0556. The Labute approximate surface area is 173 Å². The molecule has 0 aliphatic carbocycles. The smallest absolute Gasteiger partial charge is 0.272 e. The second kappa shape index (κ2) is 8.15. The van der Waals surface area contributed by atoms with Crippen LogP contribution in [-0.2, 0) is 9.84 Å². The molecular weight excluding hydrogens is 410 g/mol. The number of nitro benzene ring substituents is 1. The Balaban J connectivity index is 1.49. The summed E-state index contributed by atoms with van der Waals surface area (Å²) in [6.45, 7) is 1.68. The molecular formula is C19H23N5O5S. The average molecular weight is 433 g/mol. The first-order chi connectivity index (χ1) is 14.3. The molecule has 0 saturated carbocycles. The number of piperidine rings is 1. The number of hydrogen-bond donors (Lipinski definition) is 1. The molecule has 2 saturated heterocycles. The van der Waals surface area contributed by atoms with Crippen LogP contribution in [0.2, 0.25) is 0 Å². The van der Waals surface area contributed by atoms with E-state index in [4.69, 9.17) is 0 Å².